The van der Waals surface area contributed by atoms with E-state index in [-0.39, 0.29) is 0 Å². The first-order valence-electron chi connectivity index (χ1n) is 7.47. The van der Waals surface area contributed by atoms with Crippen LogP contribution in [0.2, 0.25) is 0 Å². The average molecular weight is 323 g/mol. The number of benzene rings is 2. The summed E-state index contributed by atoms with van der Waals surface area (Å²) in [6.07, 6.45) is 3.10. The average Bonchev–Trinajstić information content (AvgIpc) is 2.96. The molecule has 0 aliphatic heterocycles. The Labute approximate surface area is 139 Å². The molecule has 0 amide bonds. The van der Waals surface area contributed by atoms with Crippen molar-refractivity contribution < 1.29 is 9.53 Å². The molecule has 0 bridgehead atoms. The maximum atomic E-state index is 11.9. The zero-order valence-electron chi connectivity index (χ0n) is 13.0. The Hall–Kier alpha value is -2.46. The van der Waals surface area contributed by atoms with E-state index in [1.807, 2.05) is 48.5 Å². The molecule has 0 aliphatic carbocycles. The van der Waals surface area contributed by atoms with E-state index in [2.05, 4.69) is 18.8 Å². The van der Waals surface area contributed by atoms with Crippen molar-refractivity contribution in [1.82, 2.24) is 4.98 Å². The largest absolute Gasteiger partial charge is 0.423 e. The predicted octanol–water partition coefficient (Wildman–Crippen LogP) is 5.04. The number of esters is 1. The summed E-state index contributed by atoms with van der Waals surface area (Å²) in [5, 5.41) is 0.790. The van der Waals surface area contributed by atoms with Gasteiger partial charge in [-0.05, 0) is 41.8 Å². The van der Waals surface area contributed by atoms with Crippen LogP contribution < -0.4 is 4.74 Å². The van der Waals surface area contributed by atoms with E-state index in [0.717, 1.165) is 15.2 Å². The Kier molecular flexibility index (Phi) is 4.53. The normalized spacial score (nSPS) is 11.4. The van der Waals surface area contributed by atoms with Crippen LogP contribution in [0.4, 0.5) is 0 Å². The molecule has 0 unspecified atom stereocenters. The van der Waals surface area contributed by atoms with Crippen LogP contribution in [0.3, 0.4) is 0 Å². The van der Waals surface area contributed by atoms with Gasteiger partial charge in [-0.2, -0.15) is 0 Å². The number of thiazole rings is 1. The number of carbonyl (C=O) groups is 1. The second-order valence-corrected chi connectivity index (χ2v) is 6.56. The first-order valence-corrected chi connectivity index (χ1v) is 8.29. The lowest BCUT2D eigenvalue weighted by Gasteiger charge is -2.06. The molecular formula is C19H17NO2S. The lowest BCUT2D eigenvalue weighted by molar-refractivity contribution is -0.128. The van der Waals surface area contributed by atoms with Crippen LogP contribution in [0.15, 0.2) is 54.6 Å². The third kappa shape index (κ3) is 3.85. The highest BCUT2D eigenvalue weighted by atomic mass is 32.1. The van der Waals surface area contributed by atoms with Gasteiger partial charge in [0.05, 0.1) is 10.2 Å². The van der Waals surface area contributed by atoms with Gasteiger partial charge >= 0.3 is 5.97 Å². The topological polar surface area (TPSA) is 39.2 Å². The van der Waals surface area contributed by atoms with Crippen molar-refractivity contribution in [2.24, 2.45) is 0 Å². The number of fused-ring (bicyclic) bond motifs is 1. The number of carbonyl (C=O) groups excluding carboxylic acids is 1. The number of rotatable bonds is 4. The molecule has 3 aromatic rings. The maximum Gasteiger partial charge on any atom is 0.336 e. The molecule has 2 aromatic carbocycles. The van der Waals surface area contributed by atoms with Gasteiger partial charge in [-0.1, -0.05) is 38.1 Å². The van der Waals surface area contributed by atoms with Gasteiger partial charge in [-0.3, -0.25) is 0 Å². The van der Waals surface area contributed by atoms with Crippen molar-refractivity contribution in [3.05, 3.63) is 65.2 Å². The van der Waals surface area contributed by atoms with Crippen molar-refractivity contribution in [3.8, 4) is 5.75 Å². The zero-order chi connectivity index (χ0) is 16.2. The number of nitrogens with zero attached hydrogens (tertiary/aromatic N) is 1. The smallest absolute Gasteiger partial charge is 0.336 e. The fourth-order valence-corrected chi connectivity index (χ4v) is 3.04. The van der Waals surface area contributed by atoms with Gasteiger partial charge in [0.1, 0.15) is 10.8 Å². The summed E-state index contributed by atoms with van der Waals surface area (Å²) in [5.74, 6) is 0.605. The lowest BCUT2D eigenvalue weighted by Crippen LogP contribution is -2.03. The minimum atomic E-state index is -0.401. The summed E-state index contributed by atoms with van der Waals surface area (Å²) in [4.78, 5) is 16.3. The van der Waals surface area contributed by atoms with Crippen molar-refractivity contribution >= 4 is 33.6 Å². The molecule has 116 valence electrons. The van der Waals surface area contributed by atoms with E-state index in [0.29, 0.717) is 11.7 Å². The van der Waals surface area contributed by atoms with Crippen molar-refractivity contribution in [3.63, 3.8) is 0 Å². The van der Waals surface area contributed by atoms with Crippen LogP contribution >= 0.6 is 11.3 Å². The number of aromatic nitrogens is 1. The van der Waals surface area contributed by atoms with Crippen molar-refractivity contribution in [1.29, 1.82) is 0 Å². The van der Waals surface area contributed by atoms with Crippen LogP contribution in [0.25, 0.3) is 16.3 Å². The summed E-state index contributed by atoms with van der Waals surface area (Å²) < 4.78 is 6.40. The Morgan fingerprint density at radius 1 is 1.13 bits per heavy atom. The van der Waals surface area contributed by atoms with E-state index < -0.39 is 5.97 Å². The molecule has 0 saturated heterocycles. The Bertz CT molecular complexity index is 814. The third-order valence-electron chi connectivity index (χ3n) is 3.44. The molecular weight excluding hydrogens is 306 g/mol. The van der Waals surface area contributed by atoms with Gasteiger partial charge < -0.3 is 4.74 Å². The summed E-state index contributed by atoms with van der Waals surface area (Å²) in [7, 11) is 0. The molecule has 1 heterocycles. The highest BCUT2D eigenvalue weighted by Crippen LogP contribution is 2.22. The number of hydrogen-bond donors (Lipinski definition) is 0. The van der Waals surface area contributed by atoms with E-state index >= 15 is 0 Å². The fourth-order valence-electron chi connectivity index (χ4n) is 2.17. The molecule has 3 rings (SSSR count). The highest BCUT2D eigenvalue weighted by molar-refractivity contribution is 7.19. The number of hydrogen-bond acceptors (Lipinski definition) is 4. The molecule has 23 heavy (non-hydrogen) atoms. The van der Waals surface area contributed by atoms with Crippen LogP contribution in [0, 0.1) is 0 Å². The van der Waals surface area contributed by atoms with Gasteiger partial charge in [-0.25, -0.2) is 9.78 Å². The monoisotopic (exact) mass is 323 g/mol. The molecule has 1 aromatic heterocycles. The maximum absolute atomic E-state index is 11.9. The van der Waals surface area contributed by atoms with E-state index in [1.165, 1.54) is 11.6 Å². The summed E-state index contributed by atoms with van der Waals surface area (Å²) in [6, 6.07) is 15.5. The third-order valence-corrected chi connectivity index (χ3v) is 4.44. The number of ether oxygens (including phenoxy) is 1. The zero-order valence-corrected chi connectivity index (χ0v) is 13.8. The Morgan fingerprint density at radius 3 is 2.57 bits per heavy atom. The van der Waals surface area contributed by atoms with Crippen LogP contribution in [0.1, 0.15) is 30.3 Å². The molecule has 4 heteroatoms. The molecule has 0 saturated carbocycles. The highest BCUT2D eigenvalue weighted by Gasteiger charge is 2.04. The van der Waals surface area contributed by atoms with E-state index in [4.69, 9.17) is 4.74 Å². The Morgan fingerprint density at radius 2 is 1.87 bits per heavy atom. The molecule has 0 atom stereocenters. The Balaban J connectivity index is 1.66. The van der Waals surface area contributed by atoms with Crippen molar-refractivity contribution in [2.45, 2.75) is 19.8 Å². The standard InChI is InChI=1S/C19H17NO2S/c1-13(2)14-7-9-15(10-8-14)22-19(21)12-11-18-20-16-5-3-4-6-17(16)23-18/h3-13H,1-2H3/b12-11+. The SMILES string of the molecule is CC(C)c1ccc(OC(=O)/C=C/c2nc3ccccc3s2)cc1. The van der Waals surface area contributed by atoms with E-state index in [1.54, 1.807) is 17.4 Å². The minimum Gasteiger partial charge on any atom is -0.423 e. The quantitative estimate of drug-likeness (QED) is 0.384. The molecule has 0 fully saturated rings. The van der Waals surface area contributed by atoms with Crippen LogP contribution in [0.5, 0.6) is 5.75 Å². The number of para-hydroxylation sites is 1. The molecule has 0 radical (unpaired) electrons. The van der Waals surface area contributed by atoms with Gasteiger partial charge in [0, 0.05) is 6.08 Å². The van der Waals surface area contributed by atoms with Gasteiger partial charge in [0.25, 0.3) is 0 Å². The van der Waals surface area contributed by atoms with Gasteiger partial charge in [-0.15, -0.1) is 11.3 Å². The van der Waals surface area contributed by atoms with Gasteiger partial charge in [0.15, 0.2) is 0 Å². The van der Waals surface area contributed by atoms with Crippen LogP contribution in [-0.4, -0.2) is 11.0 Å². The molecule has 0 aliphatic rings. The van der Waals surface area contributed by atoms with E-state index in [9.17, 15) is 4.79 Å². The second-order valence-electron chi connectivity index (χ2n) is 5.50. The fraction of sp³-hybridized carbons (Fsp3) is 0.158. The summed E-state index contributed by atoms with van der Waals surface area (Å²) in [6.45, 7) is 4.25. The van der Waals surface area contributed by atoms with Crippen LogP contribution in [-0.2, 0) is 4.79 Å². The molecule has 0 N–H and O–H groups in total. The second kappa shape index (κ2) is 6.75. The predicted molar refractivity (Wildman–Crippen MR) is 94.8 cm³/mol. The first kappa shape index (κ1) is 15.4. The first-order chi connectivity index (χ1) is 11.1. The van der Waals surface area contributed by atoms with Gasteiger partial charge in [0.2, 0.25) is 0 Å². The lowest BCUT2D eigenvalue weighted by atomic mass is 10.0. The summed E-state index contributed by atoms with van der Waals surface area (Å²) >= 11 is 1.55. The minimum absolute atomic E-state index is 0.401. The molecule has 0 spiro atoms. The van der Waals surface area contributed by atoms with Crippen molar-refractivity contribution in [2.75, 3.05) is 0 Å². The molecule has 3 nitrogen and oxygen atoms in total. The summed E-state index contributed by atoms with van der Waals surface area (Å²) in [5.41, 5.74) is 2.16.